The Morgan fingerprint density at radius 1 is 1.47 bits per heavy atom. The maximum atomic E-state index is 14.0. The third-order valence-electron chi connectivity index (χ3n) is 3.42. The molecule has 0 aliphatic carbocycles. The minimum Gasteiger partial charge on any atom is -0.365 e. The molecule has 1 saturated heterocycles. The van der Waals surface area contributed by atoms with Crippen LogP contribution in [0.5, 0.6) is 0 Å². The topological polar surface area (TPSA) is 64.8 Å². The molecule has 0 bridgehead atoms. The molecular formula is C13H18FN5. The molecule has 1 aromatic rings. The molecule has 0 amide bonds. The lowest BCUT2D eigenvalue weighted by molar-refractivity contribution is 0.242. The Bertz CT molecular complexity index is 463. The molecular weight excluding hydrogens is 245 g/mol. The molecule has 0 saturated carbocycles. The van der Waals surface area contributed by atoms with Crippen molar-refractivity contribution < 1.29 is 4.39 Å². The number of anilines is 1. The number of hydrogen-bond donors (Lipinski definition) is 1. The zero-order chi connectivity index (χ0) is 13.7. The monoisotopic (exact) mass is 263 g/mol. The van der Waals surface area contributed by atoms with Crippen molar-refractivity contribution in [2.45, 2.75) is 32.2 Å². The van der Waals surface area contributed by atoms with Gasteiger partial charge in [0.2, 0.25) is 0 Å². The van der Waals surface area contributed by atoms with Crippen molar-refractivity contribution in [3.8, 4) is 6.07 Å². The molecule has 0 aromatic carbocycles. The quantitative estimate of drug-likeness (QED) is 0.835. The molecule has 1 N–H and O–H groups in total. The Morgan fingerprint density at radius 2 is 2.21 bits per heavy atom. The molecule has 102 valence electrons. The van der Waals surface area contributed by atoms with E-state index < -0.39 is 0 Å². The number of piperidine rings is 1. The standard InChI is InChI=1S/C13H18FN5/c1-2-11-12(14)13(17-9-16-11)18-10-3-6-19(7-4-10)8-5-15/h9-10H,2-4,6-8H2,1H3,(H,16,17,18). The van der Waals surface area contributed by atoms with Gasteiger partial charge in [-0.15, -0.1) is 0 Å². The Morgan fingerprint density at radius 3 is 2.84 bits per heavy atom. The minimum atomic E-state index is -0.343. The second-order valence-electron chi connectivity index (χ2n) is 4.69. The Balaban J connectivity index is 1.94. The normalized spacial score (nSPS) is 17.1. The second-order valence-corrected chi connectivity index (χ2v) is 4.69. The molecule has 0 unspecified atom stereocenters. The Kier molecular flexibility index (Phi) is 4.63. The molecule has 1 fully saturated rings. The third-order valence-corrected chi connectivity index (χ3v) is 3.42. The van der Waals surface area contributed by atoms with E-state index >= 15 is 0 Å². The van der Waals surface area contributed by atoms with E-state index in [0.29, 0.717) is 24.5 Å². The lowest BCUT2D eigenvalue weighted by atomic mass is 10.1. The summed E-state index contributed by atoms with van der Waals surface area (Å²) >= 11 is 0. The van der Waals surface area contributed by atoms with Gasteiger partial charge in [0.05, 0.1) is 18.3 Å². The number of hydrogen-bond acceptors (Lipinski definition) is 5. The first-order valence-corrected chi connectivity index (χ1v) is 6.59. The van der Waals surface area contributed by atoms with Crippen molar-refractivity contribution in [2.75, 3.05) is 25.0 Å². The molecule has 0 atom stereocenters. The van der Waals surface area contributed by atoms with Crippen LogP contribution in [0.25, 0.3) is 0 Å². The van der Waals surface area contributed by atoms with E-state index in [1.165, 1.54) is 6.33 Å². The van der Waals surface area contributed by atoms with Crippen molar-refractivity contribution >= 4 is 5.82 Å². The summed E-state index contributed by atoms with van der Waals surface area (Å²) in [6.45, 7) is 4.06. The third kappa shape index (κ3) is 3.38. The maximum Gasteiger partial charge on any atom is 0.186 e. The fourth-order valence-corrected chi connectivity index (χ4v) is 2.28. The highest BCUT2D eigenvalue weighted by atomic mass is 19.1. The van der Waals surface area contributed by atoms with E-state index in [1.54, 1.807) is 0 Å². The van der Waals surface area contributed by atoms with Crippen LogP contribution in [0.3, 0.4) is 0 Å². The smallest absolute Gasteiger partial charge is 0.186 e. The summed E-state index contributed by atoms with van der Waals surface area (Å²) in [6, 6.07) is 2.36. The van der Waals surface area contributed by atoms with Crippen molar-refractivity contribution in [1.82, 2.24) is 14.9 Å². The van der Waals surface area contributed by atoms with Crippen molar-refractivity contribution in [2.24, 2.45) is 0 Å². The number of aryl methyl sites for hydroxylation is 1. The van der Waals surface area contributed by atoms with Gasteiger partial charge in [0.15, 0.2) is 11.6 Å². The predicted molar refractivity (Wildman–Crippen MR) is 70.1 cm³/mol. The number of likely N-dealkylation sites (tertiary alicyclic amines) is 1. The maximum absolute atomic E-state index is 14.0. The molecule has 6 heteroatoms. The lowest BCUT2D eigenvalue weighted by Crippen LogP contribution is -2.39. The van der Waals surface area contributed by atoms with E-state index in [-0.39, 0.29) is 11.9 Å². The SMILES string of the molecule is CCc1ncnc(NC2CCN(CC#N)CC2)c1F. The highest BCUT2D eigenvalue weighted by Gasteiger charge is 2.20. The number of nitrogens with one attached hydrogen (secondary N) is 1. The summed E-state index contributed by atoms with van der Waals surface area (Å²) in [5.41, 5.74) is 0.444. The molecule has 2 rings (SSSR count). The Hall–Kier alpha value is -1.74. The molecule has 19 heavy (non-hydrogen) atoms. The summed E-state index contributed by atoms with van der Waals surface area (Å²) in [5, 5.41) is 11.8. The zero-order valence-electron chi connectivity index (χ0n) is 11.1. The molecule has 1 aliphatic rings. The van der Waals surface area contributed by atoms with Crippen molar-refractivity contribution in [3.05, 3.63) is 17.8 Å². The van der Waals surface area contributed by atoms with Gasteiger partial charge in [-0.2, -0.15) is 5.26 Å². The van der Waals surface area contributed by atoms with Crippen LogP contribution >= 0.6 is 0 Å². The summed E-state index contributed by atoms with van der Waals surface area (Å²) in [4.78, 5) is 9.99. The van der Waals surface area contributed by atoms with Gasteiger partial charge < -0.3 is 5.32 Å². The number of halogens is 1. The van der Waals surface area contributed by atoms with Crippen LogP contribution in [-0.2, 0) is 6.42 Å². The first kappa shape index (κ1) is 13.7. The highest BCUT2D eigenvalue weighted by molar-refractivity contribution is 5.38. The second kappa shape index (κ2) is 6.43. The molecule has 5 nitrogen and oxygen atoms in total. The molecule has 0 radical (unpaired) electrons. The first-order chi connectivity index (χ1) is 9.24. The number of aromatic nitrogens is 2. The summed E-state index contributed by atoms with van der Waals surface area (Å²) in [5.74, 6) is -0.0463. The fourth-order valence-electron chi connectivity index (χ4n) is 2.28. The van der Waals surface area contributed by atoms with Gasteiger partial charge in [-0.3, -0.25) is 4.90 Å². The largest absolute Gasteiger partial charge is 0.365 e. The van der Waals surface area contributed by atoms with Crippen molar-refractivity contribution in [3.63, 3.8) is 0 Å². The van der Waals surface area contributed by atoms with E-state index in [9.17, 15) is 4.39 Å². The van der Waals surface area contributed by atoms with Crippen LogP contribution < -0.4 is 5.32 Å². The fraction of sp³-hybridized carbons (Fsp3) is 0.615. The highest BCUT2D eigenvalue weighted by Crippen LogP contribution is 2.18. The number of nitriles is 1. The van der Waals surface area contributed by atoms with Crippen molar-refractivity contribution in [1.29, 1.82) is 5.26 Å². The van der Waals surface area contributed by atoms with Crippen LogP contribution in [0.4, 0.5) is 10.2 Å². The van der Waals surface area contributed by atoms with Crippen LogP contribution in [0.15, 0.2) is 6.33 Å². The van der Waals surface area contributed by atoms with E-state index in [1.807, 2.05) is 6.92 Å². The first-order valence-electron chi connectivity index (χ1n) is 6.59. The van der Waals surface area contributed by atoms with Gasteiger partial charge in [-0.05, 0) is 19.3 Å². The van der Waals surface area contributed by atoms with Gasteiger partial charge in [0.25, 0.3) is 0 Å². The average molecular weight is 263 g/mol. The Labute approximate surface area is 112 Å². The van der Waals surface area contributed by atoms with Crippen LogP contribution in [-0.4, -0.2) is 40.5 Å². The summed E-state index contributed by atoms with van der Waals surface area (Å²) in [6.07, 6.45) is 3.75. The van der Waals surface area contributed by atoms with Crippen LogP contribution in [0.1, 0.15) is 25.5 Å². The molecule has 1 aromatic heterocycles. The predicted octanol–water partition coefficient (Wildman–Crippen LogP) is 1.58. The molecule has 0 spiro atoms. The van der Waals surface area contributed by atoms with Crippen LogP contribution in [0.2, 0.25) is 0 Å². The summed E-state index contributed by atoms with van der Waals surface area (Å²) < 4.78 is 14.0. The average Bonchev–Trinajstić information content (AvgIpc) is 2.43. The molecule has 1 aliphatic heterocycles. The van der Waals surface area contributed by atoms with E-state index in [4.69, 9.17) is 5.26 Å². The van der Waals surface area contributed by atoms with E-state index in [2.05, 4.69) is 26.3 Å². The van der Waals surface area contributed by atoms with Crippen LogP contribution in [0, 0.1) is 17.1 Å². The van der Waals surface area contributed by atoms with Gasteiger partial charge in [0, 0.05) is 19.1 Å². The van der Waals surface area contributed by atoms with E-state index in [0.717, 1.165) is 25.9 Å². The zero-order valence-corrected chi connectivity index (χ0v) is 11.1. The minimum absolute atomic E-state index is 0.212. The number of nitrogens with zero attached hydrogens (tertiary/aromatic N) is 4. The summed E-state index contributed by atoms with van der Waals surface area (Å²) in [7, 11) is 0. The van der Waals surface area contributed by atoms with Gasteiger partial charge >= 0.3 is 0 Å². The lowest BCUT2D eigenvalue weighted by Gasteiger charge is -2.31. The van der Waals surface area contributed by atoms with Gasteiger partial charge in [-0.25, -0.2) is 14.4 Å². The molecule has 2 heterocycles. The number of rotatable bonds is 4. The van der Waals surface area contributed by atoms with Gasteiger partial charge in [-0.1, -0.05) is 6.92 Å². The van der Waals surface area contributed by atoms with Gasteiger partial charge in [0.1, 0.15) is 6.33 Å².